The van der Waals surface area contributed by atoms with Crippen LogP contribution in [0.25, 0.3) is 10.9 Å². The molecule has 1 aliphatic rings. The van der Waals surface area contributed by atoms with Gasteiger partial charge in [0.15, 0.2) is 0 Å². The van der Waals surface area contributed by atoms with E-state index in [0.717, 1.165) is 12.1 Å². The number of amides is 1. The number of benzene rings is 2. The second-order valence-corrected chi connectivity index (χ2v) is 6.98. The minimum atomic E-state index is -0.145. The van der Waals surface area contributed by atoms with E-state index in [9.17, 15) is 9.59 Å². The van der Waals surface area contributed by atoms with Gasteiger partial charge in [0.05, 0.1) is 17.8 Å². The first-order valence-corrected chi connectivity index (χ1v) is 9.22. The van der Waals surface area contributed by atoms with Crippen LogP contribution in [-0.4, -0.2) is 40.2 Å². The molecule has 8 heteroatoms. The van der Waals surface area contributed by atoms with E-state index in [0.29, 0.717) is 29.0 Å². The fourth-order valence-corrected chi connectivity index (χ4v) is 3.72. The maximum absolute atomic E-state index is 13.1. The van der Waals surface area contributed by atoms with Crippen LogP contribution in [0.1, 0.15) is 11.6 Å². The summed E-state index contributed by atoms with van der Waals surface area (Å²) in [6.07, 6.45) is 1.27. The molecule has 1 atom stereocenters. The number of hydrogen-bond acceptors (Lipinski definition) is 4. The summed E-state index contributed by atoms with van der Waals surface area (Å²) < 4.78 is 1.59. The fourth-order valence-electron chi connectivity index (χ4n) is 3.52. The highest BCUT2D eigenvalue weighted by Gasteiger charge is 2.28. The molecule has 1 amide bonds. The van der Waals surface area contributed by atoms with E-state index >= 15 is 0 Å². The summed E-state index contributed by atoms with van der Waals surface area (Å²) in [5.74, 6) is -0.0391. The Hall–Kier alpha value is -2.41. The number of fused-ring (bicyclic) bond motifs is 1. The van der Waals surface area contributed by atoms with Gasteiger partial charge in [0, 0.05) is 30.0 Å². The van der Waals surface area contributed by atoms with Gasteiger partial charge in [0.1, 0.15) is 6.54 Å². The van der Waals surface area contributed by atoms with Gasteiger partial charge in [-0.15, -0.1) is 12.4 Å². The number of piperazine rings is 1. The molecule has 3 aromatic rings. The van der Waals surface area contributed by atoms with Gasteiger partial charge in [-0.3, -0.25) is 14.3 Å². The van der Waals surface area contributed by atoms with Crippen LogP contribution in [0.2, 0.25) is 5.02 Å². The Morgan fingerprint density at radius 1 is 1.21 bits per heavy atom. The lowest BCUT2D eigenvalue weighted by Gasteiger charge is -2.36. The second-order valence-electron chi connectivity index (χ2n) is 6.55. The molecule has 28 heavy (non-hydrogen) atoms. The molecule has 0 saturated carbocycles. The van der Waals surface area contributed by atoms with Gasteiger partial charge in [0.25, 0.3) is 0 Å². The number of carbonyl (C=O) groups is 1. The normalized spacial score (nSPS) is 16.6. The quantitative estimate of drug-likeness (QED) is 0.709. The zero-order valence-electron chi connectivity index (χ0n) is 15.0. The van der Waals surface area contributed by atoms with Crippen LogP contribution < -0.4 is 10.7 Å². The molecule has 0 radical (unpaired) electrons. The molecule has 2 heterocycles. The van der Waals surface area contributed by atoms with E-state index in [1.807, 2.05) is 41.3 Å². The Bertz CT molecular complexity index is 1050. The molecule has 6 nitrogen and oxygen atoms in total. The Kier molecular flexibility index (Phi) is 6.34. The van der Waals surface area contributed by atoms with Crippen molar-refractivity contribution in [1.29, 1.82) is 0 Å². The lowest BCUT2D eigenvalue weighted by atomic mass is 10.0. The molecule has 1 N–H and O–H groups in total. The number of hydrogen-bond donors (Lipinski definition) is 1. The monoisotopic (exact) mass is 418 g/mol. The Morgan fingerprint density at radius 3 is 2.86 bits per heavy atom. The molecule has 1 aliphatic heterocycles. The predicted octanol–water partition coefficient (Wildman–Crippen LogP) is 2.64. The van der Waals surface area contributed by atoms with Gasteiger partial charge in [-0.05, 0) is 29.8 Å². The van der Waals surface area contributed by atoms with Gasteiger partial charge in [-0.25, -0.2) is 0 Å². The topological polar surface area (TPSA) is 67.2 Å². The summed E-state index contributed by atoms with van der Waals surface area (Å²) in [6.45, 7) is 2.09. The van der Waals surface area contributed by atoms with Crippen LogP contribution >= 0.6 is 24.0 Å². The van der Waals surface area contributed by atoms with Crippen LogP contribution in [0, 0.1) is 0 Å². The third-order valence-corrected chi connectivity index (χ3v) is 5.08. The average molecular weight is 419 g/mol. The average Bonchev–Trinajstić information content (AvgIpc) is 2.70. The van der Waals surface area contributed by atoms with Crippen LogP contribution in [0.3, 0.4) is 0 Å². The molecular formula is C20H20Cl2N4O2. The van der Waals surface area contributed by atoms with Crippen LogP contribution in [0.4, 0.5) is 0 Å². The molecule has 1 saturated heterocycles. The first kappa shape index (κ1) is 20.3. The highest BCUT2D eigenvalue weighted by molar-refractivity contribution is 6.30. The zero-order valence-corrected chi connectivity index (χ0v) is 16.6. The van der Waals surface area contributed by atoms with Crippen molar-refractivity contribution in [1.82, 2.24) is 20.0 Å². The van der Waals surface area contributed by atoms with Crippen molar-refractivity contribution in [2.24, 2.45) is 0 Å². The van der Waals surface area contributed by atoms with E-state index in [2.05, 4.69) is 10.4 Å². The summed E-state index contributed by atoms with van der Waals surface area (Å²) in [6, 6.07) is 14.7. The first-order valence-electron chi connectivity index (χ1n) is 8.84. The van der Waals surface area contributed by atoms with Crippen molar-refractivity contribution in [3.8, 4) is 0 Å². The minimum Gasteiger partial charge on any atom is -0.331 e. The Labute approximate surface area is 173 Å². The number of aromatic nitrogens is 2. The summed E-state index contributed by atoms with van der Waals surface area (Å²) in [7, 11) is 0. The van der Waals surface area contributed by atoms with Crippen LogP contribution in [0.15, 0.2) is 59.5 Å². The zero-order chi connectivity index (χ0) is 18.8. The summed E-state index contributed by atoms with van der Waals surface area (Å²) in [5, 5.41) is 8.72. The smallest absolute Gasteiger partial charge is 0.244 e. The van der Waals surface area contributed by atoms with Crippen molar-refractivity contribution in [2.45, 2.75) is 12.6 Å². The van der Waals surface area contributed by atoms with Gasteiger partial charge in [0.2, 0.25) is 11.3 Å². The van der Waals surface area contributed by atoms with E-state index in [1.165, 1.54) is 6.20 Å². The van der Waals surface area contributed by atoms with Gasteiger partial charge < -0.3 is 10.2 Å². The van der Waals surface area contributed by atoms with E-state index in [4.69, 9.17) is 11.6 Å². The van der Waals surface area contributed by atoms with Crippen LogP contribution in [-0.2, 0) is 11.3 Å². The molecule has 0 aliphatic carbocycles. The second kappa shape index (κ2) is 8.73. The molecule has 0 spiro atoms. The van der Waals surface area contributed by atoms with Crippen molar-refractivity contribution in [3.63, 3.8) is 0 Å². The number of nitrogens with one attached hydrogen (secondary N) is 1. The Balaban J connectivity index is 0.00000225. The van der Waals surface area contributed by atoms with E-state index < -0.39 is 0 Å². The fraction of sp³-hybridized carbons (Fsp3) is 0.250. The van der Waals surface area contributed by atoms with Gasteiger partial charge in [-0.1, -0.05) is 35.9 Å². The largest absolute Gasteiger partial charge is 0.331 e. The summed E-state index contributed by atoms with van der Waals surface area (Å²) in [5.41, 5.74) is 1.52. The molecule has 0 bridgehead atoms. The number of nitrogens with zero attached hydrogens (tertiary/aromatic N) is 3. The molecule has 4 rings (SSSR count). The molecule has 1 fully saturated rings. The number of carbonyl (C=O) groups excluding carboxylic acids is 1. The van der Waals surface area contributed by atoms with Crippen LogP contribution in [0.5, 0.6) is 0 Å². The molecule has 1 aromatic heterocycles. The standard InChI is InChI=1S/C20H19ClN4O2.ClH/c21-15-5-3-4-14(10-15)18-11-22-8-9-24(18)20(27)13-25-17-7-2-1-6-16(17)19(26)12-23-25;/h1-7,10,12,18,22H,8-9,11,13H2;1H. The maximum atomic E-state index is 13.1. The molecule has 146 valence electrons. The van der Waals surface area contributed by atoms with Gasteiger partial charge in [-0.2, -0.15) is 5.10 Å². The molecular weight excluding hydrogens is 399 g/mol. The Morgan fingerprint density at radius 2 is 2.04 bits per heavy atom. The number of para-hydroxylation sites is 1. The first-order chi connectivity index (χ1) is 13.1. The SMILES string of the molecule is Cl.O=C(Cn1ncc(=O)c2ccccc21)N1CCNCC1c1cccc(Cl)c1. The summed E-state index contributed by atoms with van der Waals surface area (Å²) >= 11 is 6.13. The van der Waals surface area contributed by atoms with Crippen molar-refractivity contribution >= 4 is 40.8 Å². The minimum absolute atomic E-state index is 0. The van der Waals surface area contributed by atoms with Crippen molar-refractivity contribution < 1.29 is 4.79 Å². The number of halogens is 2. The summed E-state index contributed by atoms with van der Waals surface area (Å²) in [4.78, 5) is 26.9. The third-order valence-electron chi connectivity index (χ3n) is 4.84. The molecule has 1 unspecified atom stereocenters. The third kappa shape index (κ3) is 4.04. The molecule has 2 aromatic carbocycles. The lowest BCUT2D eigenvalue weighted by Crippen LogP contribution is -2.49. The lowest BCUT2D eigenvalue weighted by molar-refractivity contribution is -0.135. The van der Waals surface area contributed by atoms with E-state index in [-0.39, 0.29) is 36.3 Å². The number of rotatable bonds is 3. The van der Waals surface area contributed by atoms with Gasteiger partial charge >= 0.3 is 0 Å². The highest BCUT2D eigenvalue weighted by Crippen LogP contribution is 2.25. The maximum Gasteiger partial charge on any atom is 0.244 e. The van der Waals surface area contributed by atoms with E-state index in [1.54, 1.807) is 16.8 Å². The highest BCUT2D eigenvalue weighted by atomic mass is 35.5. The predicted molar refractivity (Wildman–Crippen MR) is 112 cm³/mol. The van der Waals surface area contributed by atoms with Crippen molar-refractivity contribution in [2.75, 3.05) is 19.6 Å². The van der Waals surface area contributed by atoms with Crippen molar-refractivity contribution in [3.05, 3.63) is 75.5 Å².